The summed E-state index contributed by atoms with van der Waals surface area (Å²) in [6, 6.07) is 12.9. The minimum Gasteiger partial charge on any atom is -0.478 e. The van der Waals surface area contributed by atoms with Crippen LogP contribution in [0.25, 0.3) is 0 Å². The number of morpholine rings is 1. The van der Waals surface area contributed by atoms with Crippen molar-refractivity contribution < 1.29 is 23.1 Å². The van der Waals surface area contributed by atoms with Crippen molar-refractivity contribution in [1.29, 1.82) is 0 Å². The van der Waals surface area contributed by atoms with Crippen LogP contribution in [0.4, 0.5) is 5.69 Å². The molecule has 0 amide bonds. The molecule has 1 heterocycles. The summed E-state index contributed by atoms with van der Waals surface area (Å²) in [5.41, 5.74) is 4.57. The van der Waals surface area contributed by atoms with Gasteiger partial charge in [-0.05, 0) is 36.8 Å². The number of ether oxygens (including phenoxy) is 1. The van der Waals surface area contributed by atoms with E-state index in [9.17, 15) is 18.3 Å². The molecule has 0 atom stereocenters. The maximum absolute atomic E-state index is 12.7. The molecule has 0 radical (unpaired) electrons. The lowest BCUT2D eigenvalue weighted by Gasteiger charge is -2.26. The van der Waals surface area contributed by atoms with E-state index in [-0.39, 0.29) is 10.5 Å². The Hall–Kier alpha value is -2.75. The van der Waals surface area contributed by atoms with Gasteiger partial charge in [0.15, 0.2) is 0 Å². The average Bonchev–Trinajstić information content (AvgIpc) is 2.73. The molecule has 1 saturated heterocycles. The highest BCUT2D eigenvalue weighted by Gasteiger charge is 2.26. The Balaban J connectivity index is 1.76. The number of nitrogens with one attached hydrogen (secondary N) is 1. The number of hydrogen-bond acceptors (Lipinski definition) is 6. The number of para-hydroxylation sites is 1. The number of nitrogens with zero attached hydrogens (tertiary/aromatic N) is 2. The van der Waals surface area contributed by atoms with E-state index in [2.05, 4.69) is 10.5 Å². The number of rotatable bonds is 6. The lowest BCUT2D eigenvalue weighted by Crippen LogP contribution is -2.40. The fourth-order valence-corrected chi connectivity index (χ4v) is 4.19. The molecule has 8 nitrogen and oxygen atoms in total. The van der Waals surface area contributed by atoms with Crippen LogP contribution in [0.1, 0.15) is 22.8 Å². The molecule has 28 heavy (non-hydrogen) atoms. The molecule has 3 rings (SSSR count). The fourth-order valence-electron chi connectivity index (χ4n) is 2.78. The van der Waals surface area contributed by atoms with Gasteiger partial charge in [-0.15, -0.1) is 0 Å². The Morgan fingerprint density at radius 2 is 1.75 bits per heavy atom. The SMILES string of the molecule is C/C(=N\Nc1ccccc1C(=O)O)c1ccc(S(=O)(=O)N2CCOCC2)cc1. The topological polar surface area (TPSA) is 108 Å². The summed E-state index contributed by atoms with van der Waals surface area (Å²) in [7, 11) is -3.54. The molecule has 0 aromatic heterocycles. The first-order valence-corrected chi connectivity index (χ1v) is 10.1. The number of carboxylic acids is 1. The zero-order chi connectivity index (χ0) is 20.1. The third-order valence-electron chi connectivity index (χ3n) is 4.38. The first kappa shape index (κ1) is 20.0. The standard InChI is InChI=1S/C19H21N3O5S/c1-14(20-21-18-5-3-2-4-17(18)19(23)24)15-6-8-16(9-7-15)28(25,26)22-10-12-27-13-11-22/h2-9,21H,10-13H2,1H3,(H,23,24)/b20-14+. The molecule has 2 aromatic rings. The van der Waals surface area contributed by atoms with Gasteiger partial charge in [0.05, 0.1) is 35.1 Å². The molecule has 1 aliphatic rings. The zero-order valence-corrected chi connectivity index (χ0v) is 16.1. The van der Waals surface area contributed by atoms with Gasteiger partial charge < -0.3 is 9.84 Å². The van der Waals surface area contributed by atoms with Crippen LogP contribution in [-0.2, 0) is 14.8 Å². The van der Waals surface area contributed by atoms with Gasteiger partial charge in [0.25, 0.3) is 0 Å². The number of aromatic carboxylic acids is 1. The van der Waals surface area contributed by atoms with Crippen molar-refractivity contribution in [3.05, 3.63) is 59.7 Å². The second kappa shape index (κ2) is 8.51. The van der Waals surface area contributed by atoms with Crippen molar-refractivity contribution in [2.24, 2.45) is 5.10 Å². The third-order valence-corrected chi connectivity index (χ3v) is 6.29. The van der Waals surface area contributed by atoms with Crippen LogP contribution in [0.2, 0.25) is 0 Å². The second-order valence-electron chi connectivity index (χ2n) is 6.20. The quantitative estimate of drug-likeness (QED) is 0.566. The summed E-state index contributed by atoms with van der Waals surface area (Å²) in [4.78, 5) is 11.5. The van der Waals surface area contributed by atoms with Crippen LogP contribution in [0.3, 0.4) is 0 Å². The van der Waals surface area contributed by atoms with Gasteiger partial charge in [0.1, 0.15) is 0 Å². The first-order valence-electron chi connectivity index (χ1n) is 8.70. The van der Waals surface area contributed by atoms with E-state index in [1.54, 1.807) is 49.4 Å². The molecular weight excluding hydrogens is 382 g/mol. The Morgan fingerprint density at radius 3 is 2.39 bits per heavy atom. The molecule has 0 spiro atoms. The van der Waals surface area contributed by atoms with Gasteiger partial charge in [0, 0.05) is 13.1 Å². The maximum atomic E-state index is 12.7. The molecule has 9 heteroatoms. The van der Waals surface area contributed by atoms with Gasteiger partial charge in [-0.2, -0.15) is 9.41 Å². The largest absolute Gasteiger partial charge is 0.478 e. The summed E-state index contributed by atoms with van der Waals surface area (Å²) in [6.45, 7) is 3.23. The van der Waals surface area contributed by atoms with Crippen LogP contribution in [-0.4, -0.2) is 55.8 Å². The van der Waals surface area contributed by atoms with Crippen LogP contribution in [0, 0.1) is 0 Å². The van der Waals surface area contributed by atoms with Crippen LogP contribution >= 0.6 is 0 Å². The van der Waals surface area contributed by atoms with Gasteiger partial charge in [-0.1, -0.05) is 24.3 Å². The summed E-state index contributed by atoms with van der Waals surface area (Å²) in [6.07, 6.45) is 0. The number of carbonyl (C=O) groups is 1. The van der Waals surface area contributed by atoms with E-state index in [1.165, 1.54) is 10.4 Å². The van der Waals surface area contributed by atoms with E-state index < -0.39 is 16.0 Å². The van der Waals surface area contributed by atoms with Gasteiger partial charge in [0.2, 0.25) is 10.0 Å². The van der Waals surface area contributed by atoms with E-state index in [0.717, 1.165) is 5.56 Å². The Bertz CT molecular complexity index is 981. The van der Waals surface area contributed by atoms with Crippen molar-refractivity contribution in [2.45, 2.75) is 11.8 Å². The van der Waals surface area contributed by atoms with Crippen molar-refractivity contribution >= 4 is 27.4 Å². The van der Waals surface area contributed by atoms with Crippen molar-refractivity contribution in [2.75, 3.05) is 31.7 Å². The molecule has 1 aliphatic heterocycles. The summed E-state index contributed by atoms with van der Waals surface area (Å²) >= 11 is 0. The lowest BCUT2D eigenvalue weighted by atomic mass is 10.1. The molecule has 148 valence electrons. The summed E-state index contributed by atoms with van der Waals surface area (Å²) in [5.74, 6) is -1.05. The Morgan fingerprint density at radius 1 is 1.11 bits per heavy atom. The summed E-state index contributed by atoms with van der Waals surface area (Å²) in [5, 5.41) is 13.4. The lowest BCUT2D eigenvalue weighted by molar-refractivity contribution is 0.0698. The smallest absolute Gasteiger partial charge is 0.337 e. The minimum atomic E-state index is -3.54. The van der Waals surface area contributed by atoms with Crippen molar-refractivity contribution in [3.8, 4) is 0 Å². The highest BCUT2D eigenvalue weighted by molar-refractivity contribution is 7.89. The number of hydrazone groups is 1. The number of carboxylic acid groups (broad SMARTS) is 1. The molecule has 2 N–H and O–H groups in total. The van der Waals surface area contributed by atoms with Crippen LogP contribution in [0.15, 0.2) is 58.5 Å². The Labute approximate surface area is 163 Å². The Kier molecular flexibility index (Phi) is 6.08. The molecule has 0 aliphatic carbocycles. The number of hydrogen-bond donors (Lipinski definition) is 2. The average molecular weight is 403 g/mol. The third kappa shape index (κ3) is 4.38. The molecule has 0 saturated carbocycles. The fraction of sp³-hybridized carbons (Fsp3) is 0.263. The maximum Gasteiger partial charge on any atom is 0.337 e. The van der Waals surface area contributed by atoms with E-state index in [0.29, 0.717) is 37.7 Å². The molecular formula is C19H21N3O5S. The first-order chi connectivity index (χ1) is 13.4. The zero-order valence-electron chi connectivity index (χ0n) is 15.3. The highest BCUT2D eigenvalue weighted by atomic mass is 32.2. The van der Waals surface area contributed by atoms with E-state index in [4.69, 9.17) is 4.74 Å². The summed E-state index contributed by atoms with van der Waals surface area (Å²) < 4.78 is 31.9. The molecule has 0 bridgehead atoms. The second-order valence-corrected chi connectivity index (χ2v) is 8.14. The van der Waals surface area contributed by atoms with E-state index in [1.807, 2.05) is 0 Å². The molecule has 0 unspecified atom stereocenters. The molecule has 2 aromatic carbocycles. The number of benzene rings is 2. The predicted octanol–water partition coefficient (Wildman–Crippen LogP) is 2.24. The normalized spacial score (nSPS) is 16.0. The van der Waals surface area contributed by atoms with Gasteiger partial charge in [-0.25, -0.2) is 13.2 Å². The van der Waals surface area contributed by atoms with Crippen molar-refractivity contribution in [3.63, 3.8) is 0 Å². The van der Waals surface area contributed by atoms with Crippen LogP contribution in [0.5, 0.6) is 0 Å². The van der Waals surface area contributed by atoms with E-state index >= 15 is 0 Å². The predicted molar refractivity (Wildman–Crippen MR) is 105 cm³/mol. The van der Waals surface area contributed by atoms with Gasteiger partial charge >= 0.3 is 5.97 Å². The number of anilines is 1. The number of sulfonamides is 1. The minimum absolute atomic E-state index is 0.117. The van der Waals surface area contributed by atoms with Gasteiger partial charge in [-0.3, -0.25) is 5.43 Å². The van der Waals surface area contributed by atoms with Crippen molar-refractivity contribution in [1.82, 2.24) is 4.31 Å². The highest BCUT2D eigenvalue weighted by Crippen LogP contribution is 2.19. The monoisotopic (exact) mass is 403 g/mol. The molecule has 1 fully saturated rings. The van der Waals surface area contributed by atoms with Crippen LogP contribution < -0.4 is 5.43 Å².